The van der Waals surface area contributed by atoms with Crippen LogP contribution in [-0.4, -0.2) is 21.1 Å². The third-order valence-electron chi connectivity index (χ3n) is 3.76. The Labute approximate surface area is 153 Å². The van der Waals surface area contributed by atoms with Crippen molar-refractivity contribution < 1.29 is 4.79 Å². The molecule has 2 aromatic rings. The Balaban J connectivity index is 1.72. The minimum absolute atomic E-state index is 0.106. The second-order valence-electron chi connectivity index (χ2n) is 5.52. The Morgan fingerprint density at radius 1 is 1.38 bits per heavy atom. The number of aromatic amines is 1. The second-order valence-corrected chi connectivity index (χ2v) is 7.70. The Hall–Kier alpha value is -1.50. The normalized spacial score (nSPS) is 14.3. The number of nitrogens with one attached hydrogen (secondary N) is 2. The summed E-state index contributed by atoms with van der Waals surface area (Å²) in [6.07, 6.45) is 2.53. The molecule has 1 aromatic carbocycles. The number of benzene rings is 1. The third-order valence-corrected chi connectivity index (χ3v) is 5.31. The van der Waals surface area contributed by atoms with Crippen molar-refractivity contribution in [3.63, 3.8) is 0 Å². The molecule has 1 unspecified atom stereocenters. The number of anilines is 1. The highest BCUT2D eigenvalue weighted by atomic mass is 35.5. The summed E-state index contributed by atoms with van der Waals surface area (Å²) in [6, 6.07) is 4.86. The van der Waals surface area contributed by atoms with E-state index in [1.807, 2.05) is 0 Å². The number of carbonyl (C=O) groups is 1. The fourth-order valence-corrected chi connectivity index (χ4v) is 3.68. The molecule has 0 saturated heterocycles. The van der Waals surface area contributed by atoms with E-state index in [4.69, 9.17) is 23.2 Å². The number of amides is 1. The van der Waals surface area contributed by atoms with Crippen LogP contribution in [0.5, 0.6) is 0 Å². The number of aromatic nitrogens is 2. The minimum atomic E-state index is -0.456. The van der Waals surface area contributed by atoms with Crippen molar-refractivity contribution in [2.24, 2.45) is 0 Å². The first-order valence-corrected chi connectivity index (χ1v) is 9.12. The van der Waals surface area contributed by atoms with Crippen molar-refractivity contribution in [2.45, 2.75) is 36.6 Å². The number of hydrogen-bond acceptors (Lipinski definition) is 4. The van der Waals surface area contributed by atoms with Gasteiger partial charge in [-0.05, 0) is 44.4 Å². The van der Waals surface area contributed by atoms with Crippen molar-refractivity contribution >= 4 is 46.6 Å². The monoisotopic (exact) mass is 383 g/mol. The predicted octanol–water partition coefficient (Wildman–Crippen LogP) is 3.68. The molecular weight excluding hydrogens is 369 g/mol. The quantitative estimate of drug-likeness (QED) is 0.623. The zero-order valence-electron chi connectivity index (χ0n) is 12.9. The molecule has 5 nitrogen and oxygen atoms in total. The molecule has 0 aliphatic heterocycles. The molecule has 1 atom stereocenters. The number of thioether (sulfide) groups is 1. The molecule has 2 N–H and O–H groups in total. The number of halogens is 2. The lowest BCUT2D eigenvalue weighted by atomic mass is 10.3. The smallest absolute Gasteiger partial charge is 0.254 e. The van der Waals surface area contributed by atoms with E-state index in [9.17, 15) is 9.59 Å². The van der Waals surface area contributed by atoms with Gasteiger partial charge in [-0.15, -0.1) is 0 Å². The molecule has 0 fully saturated rings. The summed E-state index contributed by atoms with van der Waals surface area (Å²) in [5, 5.41) is 3.64. The van der Waals surface area contributed by atoms with E-state index in [-0.39, 0.29) is 11.5 Å². The Morgan fingerprint density at radius 2 is 2.17 bits per heavy atom. The van der Waals surface area contributed by atoms with Gasteiger partial charge in [0.05, 0.1) is 21.7 Å². The van der Waals surface area contributed by atoms with E-state index in [1.54, 1.807) is 25.1 Å². The fraction of sp³-hybridized carbons (Fsp3) is 0.312. The number of carbonyl (C=O) groups excluding carboxylic acids is 1. The zero-order chi connectivity index (χ0) is 17.3. The van der Waals surface area contributed by atoms with Crippen molar-refractivity contribution in [2.75, 3.05) is 5.32 Å². The topological polar surface area (TPSA) is 74.8 Å². The molecule has 1 aliphatic rings. The van der Waals surface area contributed by atoms with E-state index < -0.39 is 5.25 Å². The molecule has 1 aliphatic carbocycles. The van der Waals surface area contributed by atoms with Crippen molar-refractivity contribution in [1.82, 2.24) is 9.97 Å². The van der Waals surface area contributed by atoms with Gasteiger partial charge in [0.25, 0.3) is 5.56 Å². The lowest BCUT2D eigenvalue weighted by molar-refractivity contribution is -0.115. The lowest BCUT2D eigenvalue weighted by Gasteiger charge is -2.13. The standard InChI is InChI=1S/C16H15Cl2N3O2S/c1-8(14(22)19-13-7-9(17)5-6-11(13)18)24-16-20-12-4-2-3-10(12)15(23)21-16/h5-8H,2-4H2,1H3,(H,19,22)(H,20,21,23). The van der Waals surface area contributed by atoms with E-state index in [0.29, 0.717) is 20.9 Å². The van der Waals surface area contributed by atoms with Crippen LogP contribution < -0.4 is 10.9 Å². The van der Waals surface area contributed by atoms with Crippen LogP contribution in [-0.2, 0) is 17.6 Å². The maximum absolute atomic E-state index is 12.3. The molecule has 0 radical (unpaired) electrons. The van der Waals surface area contributed by atoms with Crippen LogP contribution in [0.2, 0.25) is 10.0 Å². The summed E-state index contributed by atoms with van der Waals surface area (Å²) >= 11 is 13.2. The number of nitrogens with zero attached hydrogens (tertiary/aromatic N) is 1. The summed E-state index contributed by atoms with van der Waals surface area (Å²) < 4.78 is 0. The first kappa shape index (κ1) is 17.3. The summed E-state index contributed by atoms with van der Waals surface area (Å²) in [5.74, 6) is -0.243. The maximum Gasteiger partial charge on any atom is 0.254 e. The number of hydrogen-bond donors (Lipinski definition) is 2. The van der Waals surface area contributed by atoms with Crippen molar-refractivity contribution in [3.8, 4) is 0 Å². The Bertz CT molecular complexity index is 854. The molecule has 24 heavy (non-hydrogen) atoms. The highest BCUT2D eigenvalue weighted by Crippen LogP contribution is 2.27. The molecule has 1 heterocycles. The maximum atomic E-state index is 12.3. The van der Waals surface area contributed by atoms with Gasteiger partial charge in [0.15, 0.2) is 5.16 Å². The molecule has 0 bridgehead atoms. The summed E-state index contributed by atoms with van der Waals surface area (Å²) in [4.78, 5) is 31.6. The number of aryl methyl sites for hydroxylation is 1. The number of rotatable bonds is 4. The second kappa shape index (κ2) is 7.17. The average molecular weight is 384 g/mol. The molecule has 3 rings (SSSR count). The van der Waals surface area contributed by atoms with Crippen molar-refractivity contribution in [1.29, 1.82) is 0 Å². The first-order valence-electron chi connectivity index (χ1n) is 7.48. The van der Waals surface area contributed by atoms with E-state index in [1.165, 1.54) is 11.8 Å². The number of fused-ring (bicyclic) bond motifs is 1. The molecule has 8 heteroatoms. The predicted molar refractivity (Wildman–Crippen MR) is 97.3 cm³/mol. The lowest BCUT2D eigenvalue weighted by Crippen LogP contribution is -2.24. The Kier molecular flexibility index (Phi) is 5.18. The van der Waals surface area contributed by atoms with Gasteiger partial charge in [-0.3, -0.25) is 9.59 Å². The molecule has 0 spiro atoms. The van der Waals surface area contributed by atoms with Gasteiger partial charge in [-0.1, -0.05) is 35.0 Å². The van der Waals surface area contributed by atoms with Gasteiger partial charge in [0.2, 0.25) is 5.91 Å². The fourth-order valence-electron chi connectivity index (χ4n) is 2.52. The summed E-state index contributed by atoms with van der Waals surface area (Å²) in [5.41, 5.74) is 1.96. The zero-order valence-corrected chi connectivity index (χ0v) is 15.2. The highest BCUT2D eigenvalue weighted by Gasteiger charge is 2.21. The van der Waals surface area contributed by atoms with Gasteiger partial charge >= 0.3 is 0 Å². The minimum Gasteiger partial charge on any atom is -0.324 e. The van der Waals surface area contributed by atoms with Crippen LogP contribution in [0.25, 0.3) is 0 Å². The Morgan fingerprint density at radius 3 is 2.96 bits per heavy atom. The van der Waals surface area contributed by atoms with Crippen LogP contribution in [0.3, 0.4) is 0 Å². The van der Waals surface area contributed by atoms with Crippen molar-refractivity contribution in [3.05, 3.63) is 49.9 Å². The molecule has 0 saturated carbocycles. The van der Waals surface area contributed by atoms with Crippen LogP contribution in [0.1, 0.15) is 24.6 Å². The van der Waals surface area contributed by atoms with E-state index >= 15 is 0 Å². The van der Waals surface area contributed by atoms with Gasteiger partial charge in [-0.2, -0.15) is 0 Å². The molecule has 126 valence electrons. The molecule has 1 amide bonds. The van der Waals surface area contributed by atoms with Gasteiger partial charge in [-0.25, -0.2) is 4.98 Å². The highest BCUT2D eigenvalue weighted by molar-refractivity contribution is 8.00. The largest absolute Gasteiger partial charge is 0.324 e. The van der Waals surface area contributed by atoms with Gasteiger partial charge in [0.1, 0.15) is 0 Å². The molecule has 1 aromatic heterocycles. The average Bonchev–Trinajstić information content (AvgIpc) is 2.99. The van der Waals surface area contributed by atoms with Crippen LogP contribution >= 0.6 is 35.0 Å². The summed E-state index contributed by atoms with van der Waals surface area (Å²) in [6.45, 7) is 1.74. The SMILES string of the molecule is CC(Sc1nc2c(c(=O)[nH]1)CCC2)C(=O)Nc1cc(Cl)ccc1Cl. The van der Waals surface area contributed by atoms with Gasteiger partial charge < -0.3 is 10.3 Å². The number of H-pyrrole nitrogens is 1. The van der Waals surface area contributed by atoms with E-state index in [2.05, 4.69) is 15.3 Å². The van der Waals surface area contributed by atoms with Crippen LogP contribution in [0.4, 0.5) is 5.69 Å². The summed E-state index contributed by atoms with van der Waals surface area (Å²) in [7, 11) is 0. The first-order chi connectivity index (χ1) is 11.4. The molecular formula is C16H15Cl2N3O2S. The van der Waals surface area contributed by atoms with Crippen LogP contribution in [0.15, 0.2) is 28.2 Å². The van der Waals surface area contributed by atoms with E-state index in [0.717, 1.165) is 30.5 Å². The van der Waals surface area contributed by atoms with Crippen LogP contribution in [0, 0.1) is 0 Å². The third kappa shape index (κ3) is 3.77. The van der Waals surface area contributed by atoms with Gasteiger partial charge in [0, 0.05) is 10.6 Å².